The van der Waals surface area contributed by atoms with E-state index in [1.807, 2.05) is 0 Å². The summed E-state index contributed by atoms with van der Waals surface area (Å²) < 4.78 is 28.5. The first-order valence-corrected chi connectivity index (χ1v) is 11.5. The SMILES string of the molecule is CC(=O)Nc1ccc(S(=O)(=O)Nc2nc3ccccc3nc2Nc2ccc(C(=O)[O-])cc2)cc1. The second-order valence-electron chi connectivity index (χ2n) is 7.21. The zero-order valence-corrected chi connectivity index (χ0v) is 18.6. The van der Waals surface area contributed by atoms with Crippen LogP contribution in [0.25, 0.3) is 11.0 Å². The number of carboxylic acid groups (broad SMARTS) is 1. The summed E-state index contributed by atoms with van der Waals surface area (Å²) in [5, 5.41) is 16.5. The van der Waals surface area contributed by atoms with Gasteiger partial charge in [0, 0.05) is 18.3 Å². The lowest BCUT2D eigenvalue weighted by atomic mass is 10.2. The number of para-hydroxylation sites is 2. The summed E-state index contributed by atoms with van der Waals surface area (Å²) in [5.74, 6) is -1.51. The second kappa shape index (κ2) is 9.16. The zero-order valence-electron chi connectivity index (χ0n) is 17.8. The minimum absolute atomic E-state index is 0.00113. The predicted molar refractivity (Wildman–Crippen MR) is 125 cm³/mol. The van der Waals surface area contributed by atoms with Crippen LogP contribution in [-0.2, 0) is 14.8 Å². The first-order chi connectivity index (χ1) is 16.2. The number of fused-ring (bicyclic) bond motifs is 1. The van der Waals surface area contributed by atoms with Crippen molar-refractivity contribution in [1.82, 2.24) is 9.97 Å². The molecule has 0 spiro atoms. The molecule has 0 radical (unpaired) electrons. The Morgan fingerprint density at radius 3 is 1.91 bits per heavy atom. The van der Waals surface area contributed by atoms with Crippen LogP contribution in [0.3, 0.4) is 0 Å². The van der Waals surface area contributed by atoms with E-state index in [0.29, 0.717) is 22.4 Å². The van der Waals surface area contributed by atoms with Gasteiger partial charge in [-0.15, -0.1) is 0 Å². The highest BCUT2D eigenvalue weighted by molar-refractivity contribution is 7.92. The quantitative estimate of drug-likeness (QED) is 0.368. The van der Waals surface area contributed by atoms with Crippen LogP contribution in [0.4, 0.5) is 23.0 Å². The van der Waals surface area contributed by atoms with E-state index < -0.39 is 16.0 Å². The van der Waals surface area contributed by atoms with Crippen molar-refractivity contribution in [2.24, 2.45) is 0 Å². The molecule has 0 aliphatic heterocycles. The fraction of sp³-hybridized carbons (Fsp3) is 0.0435. The van der Waals surface area contributed by atoms with Crippen LogP contribution in [0.1, 0.15) is 17.3 Å². The molecule has 4 rings (SSSR count). The van der Waals surface area contributed by atoms with E-state index >= 15 is 0 Å². The number of aromatic nitrogens is 2. The Kier molecular flexibility index (Phi) is 6.11. The molecule has 1 aromatic heterocycles. The summed E-state index contributed by atoms with van der Waals surface area (Å²) in [6.07, 6.45) is 0. The van der Waals surface area contributed by atoms with Crippen molar-refractivity contribution in [2.45, 2.75) is 11.8 Å². The number of hydrogen-bond acceptors (Lipinski definition) is 8. The minimum Gasteiger partial charge on any atom is -0.545 e. The standard InChI is InChI=1S/C23H19N5O5S/c1-14(29)24-16-10-12-18(13-11-16)34(32,33)28-22-21(26-19-4-2-3-5-20(19)27-22)25-17-8-6-15(7-9-17)23(30)31/h2-13H,1H3,(H,24,29)(H,25,26)(H,27,28)(H,30,31)/p-1. The Hall–Kier alpha value is -4.51. The number of carbonyl (C=O) groups excluding carboxylic acids is 2. The van der Waals surface area contributed by atoms with Gasteiger partial charge >= 0.3 is 0 Å². The molecule has 0 saturated heterocycles. The van der Waals surface area contributed by atoms with Crippen molar-refractivity contribution in [3.63, 3.8) is 0 Å². The topological polar surface area (TPSA) is 153 Å². The van der Waals surface area contributed by atoms with E-state index in [1.165, 1.54) is 55.5 Å². The summed E-state index contributed by atoms with van der Waals surface area (Å²) in [4.78, 5) is 31.0. The average molecular weight is 476 g/mol. The molecule has 34 heavy (non-hydrogen) atoms. The van der Waals surface area contributed by atoms with E-state index in [1.54, 1.807) is 24.3 Å². The molecule has 11 heteroatoms. The highest BCUT2D eigenvalue weighted by atomic mass is 32.2. The first kappa shape index (κ1) is 22.7. The Labute approximate surface area is 194 Å². The van der Waals surface area contributed by atoms with Gasteiger partial charge in [0.15, 0.2) is 11.6 Å². The molecule has 3 aromatic carbocycles. The number of hydrogen-bond donors (Lipinski definition) is 3. The molecule has 4 aromatic rings. The second-order valence-corrected chi connectivity index (χ2v) is 8.89. The van der Waals surface area contributed by atoms with Gasteiger partial charge < -0.3 is 20.5 Å². The lowest BCUT2D eigenvalue weighted by Gasteiger charge is -2.14. The fourth-order valence-corrected chi connectivity index (χ4v) is 4.10. The molecule has 0 fully saturated rings. The largest absolute Gasteiger partial charge is 0.545 e. The lowest BCUT2D eigenvalue weighted by molar-refractivity contribution is -0.255. The van der Waals surface area contributed by atoms with E-state index in [-0.39, 0.29) is 28.0 Å². The van der Waals surface area contributed by atoms with E-state index in [9.17, 15) is 23.1 Å². The van der Waals surface area contributed by atoms with Crippen LogP contribution in [0.2, 0.25) is 0 Å². The monoisotopic (exact) mass is 476 g/mol. The van der Waals surface area contributed by atoms with E-state index in [2.05, 4.69) is 25.3 Å². The Morgan fingerprint density at radius 2 is 1.35 bits per heavy atom. The maximum atomic E-state index is 13.0. The molecular weight excluding hydrogens is 458 g/mol. The highest BCUT2D eigenvalue weighted by Gasteiger charge is 2.19. The third kappa shape index (κ3) is 5.10. The summed E-state index contributed by atoms with van der Waals surface area (Å²) in [6, 6.07) is 18.3. The van der Waals surface area contributed by atoms with Gasteiger partial charge in [-0.05, 0) is 54.1 Å². The van der Waals surface area contributed by atoms with Crippen LogP contribution in [-0.4, -0.2) is 30.3 Å². The van der Waals surface area contributed by atoms with Crippen molar-refractivity contribution in [1.29, 1.82) is 0 Å². The third-order valence-corrected chi connectivity index (χ3v) is 6.02. The van der Waals surface area contributed by atoms with Crippen molar-refractivity contribution >= 4 is 55.9 Å². The summed E-state index contributed by atoms with van der Waals surface area (Å²) in [5.41, 5.74) is 1.92. The van der Waals surface area contributed by atoms with Gasteiger partial charge in [0.25, 0.3) is 10.0 Å². The van der Waals surface area contributed by atoms with Crippen LogP contribution in [0.5, 0.6) is 0 Å². The van der Waals surface area contributed by atoms with Crippen LogP contribution >= 0.6 is 0 Å². The molecule has 0 saturated carbocycles. The third-order valence-electron chi connectivity index (χ3n) is 4.67. The summed E-state index contributed by atoms with van der Waals surface area (Å²) >= 11 is 0. The molecule has 1 amide bonds. The maximum Gasteiger partial charge on any atom is 0.263 e. The van der Waals surface area contributed by atoms with E-state index in [0.717, 1.165) is 0 Å². The van der Waals surface area contributed by atoms with E-state index in [4.69, 9.17) is 0 Å². The van der Waals surface area contributed by atoms with Crippen LogP contribution in [0, 0.1) is 0 Å². The Morgan fingerprint density at radius 1 is 0.794 bits per heavy atom. The molecule has 1 heterocycles. The number of amides is 1. The number of nitrogens with one attached hydrogen (secondary N) is 3. The summed E-state index contributed by atoms with van der Waals surface area (Å²) in [6.45, 7) is 1.35. The molecule has 0 aliphatic carbocycles. The number of rotatable bonds is 7. The number of benzene rings is 3. The molecule has 0 atom stereocenters. The van der Waals surface area contributed by atoms with Crippen molar-refractivity contribution in [3.8, 4) is 0 Å². The molecule has 10 nitrogen and oxygen atoms in total. The maximum absolute atomic E-state index is 13.0. The molecular formula is C23H18N5O5S-. The Balaban J connectivity index is 1.69. The average Bonchev–Trinajstić information content (AvgIpc) is 2.79. The lowest BCUT2D eigenvalue weighted by Crippen LogP contribution is -2.21. The van der Waals surface area contributed by atoms with Crippen molar-refractivity contribution in [3.05, 3.63) is 78.4 Å². The fourth-order valence-electron chi connectivity index (χ4n) is 3.09. The van der Waals surface area contributed by atoms with Gasteiger partial charge in [-0.3, -0.25) is 9.52 Å². The molecule has 0 aliphatic rings. The van der Waals surface area contributed by atoms with Gasteiger partial charge in [-0.1, -0.05) is 24.3 Å². The van der Waals surface area contributed by atoms with Crippen LogP contribution < -0.4 is 20.5 Å². The van der Waals surface area contributed by atoms with Gasteiger partial charge in [-0.2, -0.15) is 0 Å². The molecule has 172 valence electrons. The minimum atomic E-state index is -4.05. The van der Waals surface area contributed by atoms with Gasteiger partial charge in [-0.25, -0.2) is 18.4 Å². The Bertz CT molecular complexity index is 1490. The number of anilines is 4. The number of nitrogens with zero attached hydrogens (tertiary/aromatic N) is 2. The number of carbonyl (C=O) groups is 2. The van der Waals surface area contributed by atoms with Gasteiger partial charge in [0.2, 0.25) is 5.91 Å². The van der Waals surface area contributed by atoms with Crippen molar-refractivity contribution < 1.29 is 23.1 Å². The zero-order chi connectivity index (χ0) is 24.3. The number of sulfonamides is 1. The predicted octanol–water partition coefficient (Wildman–Crippen LogP) is 2.50. The van der Waals surface area contributed by atoms with Crippen molar-refractivity contribution in [2.75, 3.05) is 15.4 Å². The highest BCUT2D eigenvalue weighted by Crippen LogP contribution is 2.27. The first-order valence-electron chi connectivity index (χ1n) is 9.97. The summed E-state index contributed by atoms with van der Waals surface area (Å²) in [7, 11) is -4.05. The molecule has 0 unspecified atom stereocenters. The number of aromatic carboxylic acids is 1. The smallest absolute Gasteiger partial charge is 0.263 e. The molecule has 3 N–H and O–H groups in total. The van der Waals surface area contributed by atoms with Gasteiger partial charge in [0.1, 0.15) is 0 Å². The molecule has 0 bridgehead atoms. The normalized spacial score (nSPS) is 11.1. The van der Waals surface area contributed by atoms with Gasteiger partial charge in [0.05, 0.1) is 21.9 Å². The van der Waals surface area contributed by atoms with Crippen LogP contribution in [0.15, 0.2) is 77.7 Å². The number of carboxylic acids is 1.